The first kappa shape index (κ1) is 22.0. The Morgan fingerprint density at radius 3 is 2.38 bits per heavy atom. The van der Waals surface area contributed by atoms with Crippen LogP contribution in [0.4, 0.5) is 0 Å². The maximum Gasteiger partial charge on any atom is 0.277 e. The topological polar surface area (TPSA) is 88.7 Å². The van der Waals surface area contributed by atoms with Gasteiger partial charge in [-0.2, -0.15) is 0 Å². The molecule has 0 fully saturated rings. The Balaban J connectivity index is 1.47. The Kier molecular flexibility index (Phi) is 6.81. The van der Waals surface area contributed by atoms with Crippen molar-refractivity contribution < 1.29 is 23.4 Å². The molecular formula is C22H21N3O5S2. The predicted molar refractivity (Wildman–Crippen MR) is 123 cm³/mol. The molecule has 8 nitrogen and oxygen atoms in total. The Morgan fingerprint density at radius 1 is 0.906 bits per heavy atom. The second kappa shape index (κ2) is 9.92. The van der Waals surface area contributed by atoms with E-state index in [9.17, 15) is 0 Å². The van der Waals surface area contributed by atoms with E-state index in [1.54, 1.807) is 51.9 Å². The van der Waals surface area contributed by atoms with Crippen LogP contribution in [0.15, 0.2) is 51.4 Å². The fourth-order valence-corrected chi connectivity index (χ4v) is 4.56. The fraction of sp³-hybridized carbons (Fsp3) is 0.227. The molecule has 0 unspecified atom stereocenters. The van der Waals surface area contributed by atoms with Gasteiger partial charge >= 0.3 is 0 Å². The van der Waals surface area contributed by atoms with Crippen molar-refractivity contribution in [2.24, 2.45) is 0 Å². The lowest BCUT2D eigenvalue weighted by Crippen LogP contribution is -1.95. The highest BCUT2D eigenvalue weighted by molar-refractivity contribution is 7.98. The van der Waals surface area contributed by atoms with Crippen LogP contribution in [0.1, 0.15) is 5.69 Å². The molecule has 166 valence electrons. The van der Waals surface area contributed by atoms with Crippen LogP contribution >= 0.6 is 23.1 Å². The molecule has 10 heteroatoms. The molecule has 4 rings (SSSR count). The number of hydrogen-bond donors (Lipinski definition) is 0. The van der Waals surface area contributed by atoms with Crippen molar-refractivity contribution in [3.63, 3.8) is 0 Å². The van der Waals surface area contributed by atoms with Crippen molar-refractivity contribution in [1.29, 1.82) is 0 Å². The number of methoxy groups -OCH3 is 4. The number of ether oxygens (including phenoxy) is 4. The molecular weight excluding hydrogens is 450 g/mol. The molecule has 2 aromatic carbocycles. The minimum absolute atomic E-state index is 0.363. The van der Waals surface area contributed by atoms with Gasteiger partial charge in [-0.15, -0.1) is 21.5 Å². The van der Waals surface area contributed by atoms with Crippen LogP contribution < -0.4 is 18.9 Å². The minimum Gasteiger partial charge on any atom is -0.497 e. The molecule has 0 saturated heterocycles. The first-order chi connectivity index (χ1) is 15.6. The van der Waals surface area contributed by atoms with Crippen molar-refractivity contribution in [3.05, 3.63) is 47.5 Å². The molecule has 0 bridgehead atoms. The third-order valence-electron chi connectivity index (χ3n) is 4.53. The second-order valence-corrected chi connectivity index (χ2v) is 8.24. The quantitative estimate of drug-likeness (QED) is 0.306. The molecule has 2 heterocycles. The van der Waals surface area contributed by atoms with Crippen molar-refractivity contribution >= 4 is 23.1 Å². The van der Waals surface area contributed by atoms with Gasteiger partial charge in [-0.05, 0) is 24.3 Å². The molecule has 0 aliphatic rings. The summed E-state index contributed by atoms with van der Waals surface area (Å²) < 4.78 is 27.3. The monoisotopic (exact) mass is 471 g/mol. The summed E-state index contributed by atoms with van der Waals surface area (Å²) in [7, 11) is 6.33. The summed E-state index contributed by atoms with van der Waals surface area (Å²) in [5.74, 6) is 3.31. The second-order valence-electron chi connectivity index (χ2n) is 6.45. The van der Waals surface area contributed by atoms with Crippen LogP contribution in [-0.2, 0) is 5.75 Å². The van der Waals surface area contributed by atoms with E-state index < -0.39 is 0 Å². The van der Waals surface area contributed by atoms with E-state index in [1.807, 2.05) is 29.6 Å². The lowest BCUT2D eigenvalue weighted by atomic mass is 10.2. The lowest BCUT2D eigenvalue weighted by Gasteiger charge is -2.12. The maximum atomic E-state index is 5.83. The van der Waals surface area contributed by atoms with Crippen molar-refractivity contribution in [2.75, 3.05) is 28.4 Å². The molecule has 0 spiro atoms. The van der Waals surface area contributed by atoms with E-state index in [1.165, 1.54) is 11.8 Å². The van der Waals surface area contributed by atoms with Crippen LogP contribution in [0.3, 0.4) is 0 Å². The van der Waals surface area contributed by atoms with Gasteiger partial charge in [-0.3, -0.25) is 0 Å². The minimum atomic E-state index is 0.363. The van der Waals surface area contributed by atoms with E-state index in [0.29, 0.717) is 39.7 Å². The largest absolute Gasteiger partial charge is 0.497 e. The summed E-state index contributed by atoms with van der Waals surface area (Å²) in [6.07, 6.45) is 0. The molecule has 0 aliphatic heterocycles. The Morgan fingerprint density at radius 2 is 1.69 bits per heavy atom. The average Bonchev–Trinajstić information content (AvgIpc) is 3.51. The zero-order chi connectivity index (χ0) is 22.5. The van der Waals surface area contributed by atoms with Crippen molar-refractivity contribution in [1.82, 2.24) is 15.2 Å². The number of rotatable bonds is 9. The van der Waals surface area contributed by atoms with Gasteiger partial charge < -0.3 is 23.4 Å². The number of nitrogens with zero attached hydrogens (tertiary/aromatic N) is 3. The first-order valence-electron chi connectivity index (χ1n) is 9.50. The smallest absolute Gasteiger partial charge is 0.277 e. The van der Waals surface area contributed by atoms with Crippen LogP contribution in [0, 0.1) is 0 Å². The van der Waals surface area contributed by atoms with Gasteiger partial charge in [0.2, 0.25) is 11.6 Å². The molecule has 0 atom stereocenters. The fourth-order valence-electron chi connectivity index (χ4n) is 2.99. The van der Waals surface area contributed by atoms with Gasteiger partial charge in [0.05, 0.1) is 34.1 Å². The molecule has 0 aliphatic carbocycles. The van der Waals surface area contributed by atoms with Gasteiger partial charge in [-0.25, -0.2) is 4.98 Å². The first-order valence-corrected chi connectivity index (χ1v) is 11.4. The summed E-state index contributed by atoms with van der Waals surface area (Å²) >= 11 is 3.01. The standard InChI is InChI=1S/C22H21N3O5S2/c1-26-16-7-5-6-13(8-16)21-23-15(11-31-21)12-32-22-25-24-20(30-22)14-9-17(27-2)19(29-4)18(10-14)28-3/h5-11H,12H2,1-4H3. The third kappa shape index (κ3) is 4.66. The molecule has 0 saturated carbocycles. The zero-order valence-corrected chi connectivity index (χ0v) is 19.6. The summed E-state index contributed by atoms with van der Waals surface area (Å²) in [5, 5.41) is 11.7. The molecule has 2 aromatic heterocycles. The third-order valence-corrected chi connectivity index (χ3v) is 6.32. The van der Waals surface area contributed by atoms with Crippen LogP contribution in [-0.4, -0.2) is 43.6 Å². The highest BCUT2D eigenvalue weighted by Crippen LogP contribution is 2.41. The van der Waals surface area contributed by atoms with Gasteiger partial charge in [0.1, 0.15) is 10.8 Å². The normalized spacial score (nSPS) is 10.8. The van der Waals surface area contributed by atoms with Crippen LogP contribution in [0.5, 0.6) is 23.0 Å². The van der Waals surface area contributed by atoms with Crippen molar-refractivity contribution in [2.45, 2.75) is 11.0 Å². The Bertz CT molecular complexity index is 1180. The van der Waals surface area contributed by atoms with Gasteiger partial charge in [0.15, 0.2) is 11.5 Å². The lowest BCUT2D eigenvalue weighted by molar-refractivity contribution is 0.324. The van der Waals surface area contributed by atoms with Crippen LogP contribution in [0.2, 0.25) is 0 Å². The number of thioether (sulfide) groups is 1. The van der Waals surface area contributed by atoms with E-state index in [0.717, 1.165) is 22.0 Å². The number of hydrogen-bond acceptors (Lipinski definition) is 10. The maximum absolute atomic E-state index is 5.83. The molecule has 32 heavy (non-hydrogen) atoms. The van der Waals surface area contributed by atoms with Crippen molar-refractivity contribution in [3.8, 4) is 45.0 Å². The molecule has 0 amide bonds. The van der Waals surface area contributed by atoms with E-state index >= 15 is 0 Å². The summed E-state index contributed by atoms with van der Waals surface area (Å²) in [4.78, 5) is 4.71. The van der Waals surface area contributed by atoms with Crippen LogP contribution in [0.25, 0.3) is 22.0 Å². The van der Waals surface area contributed by atoms with Gasteiger partial charge in [0.25, 0.3) is 5.22 Å². The Hall–Kier alpha value is -3.24. The molecule has 0 N–H and O–H groups in total. The SMILES string of the molecule is COc1cccc(-c2nc(CSc3nnc(-c4cc(OC)c(OC)c(OC)c4)o3)cs2)c1. The summed E-state index contributed by atoms with van der Waals surface area (Å²) in [6.45, 7) is 0. The van der Waals surface area contributed by atoms with E-state index in [2.05, 4.69) is 10.2 Å². The van der Waals surface area contributed by atoms with E-state index in [4.69, 9.17) is 28.3 Å². The summed E-state index contributed by atoms with van der Waals surface area (Å²) in [5.41, 5.74) is 2.63. The zero-order valence-electron chi connectivity index (χ0n) is 17.9. The highest BCUT2D eigenvalue weighted by atomic mass is 32.2. The van der Waals surface area contributed by atoms with E-state index in [-0.39, 0.29) is 0 Å². The number of aromatic nitrogens is 3. The predicted octanol–water partition coefficient (Wildman–Crippen LogP) is 5.19. The number of benzene rings is 2. The van der Waals surface area contributed by atoms with Gasteiger partial charge in [0, 0.05) is 22.3 Å². The average molecular weight is 472 g/mol. The Labute approximate surface area is 193 Å². The highest BCUT2D eigenvalue weighted by Gasteiger charge is 2.18. The summed E-state index contributed by atoms with van der Waals surface area (Å²) in [6, 6.07) is 11.4. The van der Waals surface area contributed by atoms with Gasteiger partial charge in [-0.1, -0.05) is 23.9 Å². The molecule has 4 aromatic rings. The number of thiazole rings is 1. The molecule has 0 radical (unpaired) electrons.